The Labute approximate surface area is 95.2 Å². The second-order valence-electron chi connectivity index (χ2n) is 4.42. The van der Waals surface area contributed by atoms with Gasteiger partial charge in [-0.1, -0.05) is 32.4 Å². The predicted molar refractivity (Wildman–Crippen MR) is 61.8 cm³/mol. The van der Waals surface area contributed by atoms with Gasteiger partial charge in [-0.15, -0.1) is 0 Å². The Morgan fingerprint density at radius 1 is 1.33 bits per heavy atom. The summed E-state index contributed by atoms with van der Waals surface area (Å²) in [5.74, 6) is 0.598. The SMILES string of the molecule is COc1ccc(Cl)cc1C(=O)C(C)(C)C. The van der Waals surface area contributed by atoms with E-state index in [4.69, 9.17) is 16.3 Å². The molecular formula is C12H15ClO2. The predicted octanol–water partition coefficient (Wildman–Crippen LogP) is 3.58. The quantitative estimate of drug-likeness (QED) is 0.721. The van der Waals surface area contributed by atoms with Crippen molar-refractivity contribution in [2.75, 3.05) is 7.11 Å². The number of ether oxygens (including phenoxy) is 1. The van der Waals surface area contributed by atoms with Gasteiger partial charge in [0.25, 0.3) is 0 Å². The van der Waals surface area contributed by atoms with E-state index in [-0.39, 0.29) is 5.78 Å². The number of carbonyl (C=O) groups is 1. The highest BCUT2D eigenvalue weighted by molar-refractivity contribution is 6.31. The molecule has 0 N–H and O–H groups in total. The number of ketones is 1. The van der Waals surface area contributed by atoms with Crippen LogP contribution in [0.1, 0.15) is 31.1 Å². The van der Waals surface area contributed by atoms with Crippen molar-refractivity contribution in [3.63, 3.8) is 0 Å². The van der Waals surface area contributed by atoms with Gasteiger partial charge in [-0.05, 0) is 18.2 Å². The lowest BCUT2D eigenvalue weighted by Crippen LogP contribution is -2.20. The second-order valence-corrected chi connectivity index (χ2v) is 4.86. The average Bonchev–Trinajstić information content (AvgIpc) is 2.15. The van der Waals surface area contributed by atoms with E-state index in [0.717, 1.165) is 0 Å². The molecule has 0 spiro atoms. The molecule has 0 aliphatic rings. The molecule has 3 heteroatoms. The topological polar surface area (TPSA) is 26.3 Å². The molecule has 0 fully saturated rings. The largest absolute Gasteiger partial charge is 0.496 e. The van der Waals surface area contributed by atoms with Gasteiger partial charge in [0.2, 0.25) is 0 Å². The number of carbonyl (C=O) groups excluding carboxylic acids is 1. The number of halogens is 1. The fourth-order valence-corrected chi connectivity index (χ4v) is 1.43. The normalized spacial score (nSPS) is 11.3. The second kappa shape index (κ2) is 4.23. The average molecular weight is 227 g/mol. The third kappa shape index (κ3) is 2.72. The molecule has 0 aromatic heterocycles. The van der Waals surface area contributed by atoms with Crippen LogP contribution >= 0.6 is 11.6 Å². The van der Waals surface area contributed by atoms with Gasteiger partial charge >= 0.3 is 0 Å². The number of methoxy groups -OCH3 is 1. The Kier molecular flexibility index (Phi) is 3.40. The van der Waals surface area contributed by atoms with E-state index >= 15 is 0 Å². The fraction of sp³-hybridized carbons (Fsp3) is 0.417. The number of hydrogen-bond donors (Lipinski definition) is 0. The summed E-state index contributed by atoms with van der Waals surface area (Å²) >= 11 is 5.86. The molecule has 0 amide bonds. The maximum atomic E-state index is 12.1. The lowest BCUT2D eigenvalue weighted by molar-refractivity contribution is 0.0855. The molecule has 15 heavy (non-hydrogen) atoms. The third-order valence-electron chi connectivity index (χ3n) is 2.09. The summed E-state index contributed by atoms with van der Waals surface area (Å²) in [5.41, 5.74) is 0.107. The summed E-state index contributed by atoms with van der Waals surface area (Å²) in [6.07, 6.45) is 0. The molecule has 0 saturated heterocycles. The third-order valence-corrected chi connectivity index (χ3v) is 2.32. The minimum atomic E-state index is -0.433. The first-order valence-corrected chi connectivity index (χ1v) is 5.12. The zero-order valence-electron chi connectivity index (χ0n) is 9.43. The van der Waals surface area contributed by atoms with E-state index in [1.807, 2.05) is 20.8 Å². The van der Waals surface area contributed by atoms with Gasteiger partial charge in [0.15, 0.2) is 5.78 Å². The molecule has 0 heterocycles. The standard InChI is InChI=1S/C12H15ClO2/c1-12(2,3)11(14)9-7-8(13)5-6-10(9)15-4/h5-7H,1-4H3. The van der Waals surface area contributed by atoms with Crippen LogP contribution in [0.3, 0.4) is 0 Å². The van der Waals surface area contributed by atoms with Crippen LogP contribution in [0.5, 0.6) is 5.75 Å². The molecule has 0 radical (unpaired) electrons. The number of benzene rings is 1. The Morgan fingerprint density at radius 3 is 2.40 bits per heavy atom. The van der Waals surface area contributed by atoms with Gasteiger partial charge in [-0.2, -0.15) is 0 Å². The van der Waals surface area contributed by atoms with Crippen LogP contribution in [0, 0.1) is 5.41 Å². The molecular weight excluding hydrogens is 212 g/mol. The van der Waals surface area contributed by atoms with Crippen LogP contribution in [0.4, 0.5) is 0 Å². The van der Waals surface area contributed by atoms with E-state index in [2.05, 4.69) is 0 Å². The first kappa shape index (κ1) is 12.1. The summed E-state index contributed by atoms with van der Waals surface area (Å²) < 4.78 is 5.14. The monoisotopic (exact) mass is 226 g/mol. The van der Waals surface area contributed by atoms with Gasteiger partial charge < -0.3 is 4.74 Å². The van der Waals surface area contributed by atoms with Gasteiger partial charge in [0.1, 0.15) is 5.75 Å². The van der Waals surface area contributed by atoms with Crippen LogP contribution in [-0.4, -0.2) is 12.9 Å². The highest BCUT2D eigenvalue weighted by Gasteiger charge is 2.25. The molecule has 0 atom stereocenters. The highest BCUT2D eigenvalue weighted by Crippen LogP contribution is 2.29. The summed E-state index contributed by atoms with van der Waals surface area (Å²) in [4.78, 5) is 12.1. The smallest absolute Gasteiger partial charge is 0.171 e. The van der Waals surface area contributed by atoms with Gasteiger partial charge in [0, 0.05) is 10.4 Å². The zero-order chi connectivity index (χ0) is 11.6. The summed E-state index contributed by atoms with van der Waals surface area (Å²) in [5, 5.41) is 0.545. The first-order valence-electron chi connectivity index (χ1n) is 4.74. The van der Waals surface area contributed by atoms with Crippen molar-refractivity contribution in [3.8, 4) is 5.75 Å². The highest BCUT2D eigenvalue weighted by atomic mass is 35.5. The molecule has 0 bridgehead atoms. The lowest BCUT2D eigenvalue weighted by atomic mass is 9.86. The van der Waals surface area contributed by atoms with Crippen molar-refractivity contribution >= 4 is 17.4 Å². The summed E-state index contributed by atoms with van der Waals surface area (Å²) in [6, 6.07) is 5.06. The Bertz CT molecular complexity index is 378. The van der Waals surface area contributed by atoms with E-state index in [9.17, 15) is 4.79 Å². The summed E-state index contributed by atoms with van der Waals surface area (Å²) in [6.45, 7) is 5.61. The number of hydrogen-bond acceptors (Lipinski definition) is 2. The molecule has 82 valence electrons. The minimum Gasteiger partial charge on any atom is -0.496 e. The van der Waals surface area contributed by atoms with Crippen molar-refractivity contribution in [1.82, 2.24) is 0 Å². The molecule has 1 aromatic rings. The molecule has 0 aliphatic carbocycles. The minimum absolute atomic E-state index is 0.0295. The zero-order valence-corrected chi connectivity index (χ0v) is 10.2. The molecule has 2 nitrogen and oxygen atoms in total. The van der Waals surface area contributed by atoms with Crippen molar-refractivity contribution in [2.24, 2.45) is 5.41 Å². The molecule has 0 aliphatic heterocycles. The van der Waals surface area contributed by atoms with Crippen molar-refractivity contribution in [3.05, 3.63) is 28.8 Å². The molecule has 0 saturated carbocycles. The first-order chi connectivity index (χ1) is 6.86. The van der Waals surface area contributed by atoms with E-state index in [0.29, 0.717) is 16.3 Å². The van der Waals surface area contributed by atoms with Crippen LogP contribution in [0.25, 0.3) is 0 Å². The Hall–Kier alpha value is -1.02. The lowest BCUT2D eigenvalue weighted by Gasteiger charge is -2.18. The van der Waals surface area contributed by atoms with Crippen LogP contribution in [-0.2, 0) is 0 Å². The maximum absolute atomic E-state index is 12.1. The van der Waals surface area contributed by atoms with E-state index in [1.165, 1.54) is 0 Å². The van der Waals surface area contributed by atoms with Crippen molar-refractivity contribution in [1.29, 1.82) is 0 Å². The van der Waals surface area contributed by atoms with Crippen LogP contribution in [0.15, 0.2) is 18.2 Å². The van der Waals surface area contributed by atoms with Crippen molar-refractivity contribution < 1.29 is 9.53 Å². The fourth-order valence-electron chi connectivity index (χ4n) is 1.26. The Balaban J connectivity index is 3.23. The van der Waals surface area contributed by atoms with Gasteiger partial charge in [-0.25, -0.2) is 0 Å². The molecule has 1 rings (SSSR count). The van der Waals surface area contributed by atoms with Crippen LogP contribution in [0.2, 0.25) is 5.02 Å². The van der Waals surface area contributed by atoms with Gasteiger partial charge in [0.05, 0.1) is 12.7 Å². The van der Waals surface area contributed by atoms with Crippen molar-refractivity contribution in [2.45, 2.75) is 20.8 Å². The van der Waals surface area contributed by atoms with E-state index in [1.54, 1.807) is 25.3 Å². The summed E-state index contributed by atoms with van der Waals surface area (Å²) in [7, 11) is 1.54. The molecule has 0 unspecified atom stereocenters. The maximum Gasteiger partial charge on any atom is 0.171 e. The van der Waals surface area contributed by atoms with Crippen LogP contribution < -0.4 is 4.74 Å². The van der Waals surface area contributed by atoms with E-state index < -0.39 is 5.41 Å². The number of Topliss-reactive ketones (excluding diaryl/α,β-unsaturated/α-hetero) is 1. The van der Waals surface area contributed by atoms with Gasteiger partial charge in [-0.3, -0.25) is 4.79 Å². The Morgan fingerprint density at radius 2 is 1.93 bits per heavy atom. The molecule has 1 aromatic carbocycles. The number of rotatable bonds is 2.